The Balaban J connectivity index is 2.99. The Hall–Kier alpha value is -1.55. The Morgan fingerprint density at radius 1 is 1.47 bits per heavy atom. The zero-order valence-electron chi connectivity index (χ0n) is 8.11. The fraction of sp³-hybridized carbons (Fsp3) is 0.200. The minimum atomic E-state index is -1.13. The summed E-state index contributed by atoms with van der Waals surface area (Å²) >= 11 is 5.68. The molecule has 0 aliphatic rings. The van der Waals surface area contributed by atoms with Gasteiger partial charge in [-0.05, 0) is 19.1 Å². The van der Waals surface area contributed by atoms with E-state index in [1.165, 1.54) is 0 Å². The van der Waals surface area contributed by atoms with Gasteiger partial charge in [0, 0.05) is 10.6 Å². The average Bonchev–Trinajstić information content (AvgIpc) is 2.21. The van der Waals surface area contributed by atoms with E-state index in [4.69, 9.17) is 21.5 Å². The van der Waals surface area contributed by atoms with Crippen LogP contribution in [0.4, 0.5) is 0 Å². The SMILES string of the molecule is CCO/N=C(\C(=O)O)c1ccc(Cl)cc1. The predicted molar refractivity (Wildman–Crippen MR) is 57.3 cm³/mol. The van der Waals surface area contributed by atoms with Gasteiger partial charge in [0.25, 0.3) is 0 Å². The summed E-state index contributed by atoms with van der Waals surface area (Å²) in [4.78, 5) is 15.6. The molecule has 1 aromatic rings. The van der Waals surface area contributed by atoms with E-state index >= 15 is 0 Å². The van der Waals surface area contributed by atoms with Crippen molar-refractivity contribution in [3.63, 3.8) is 0 Å². The molecule has 4 nitrogen and oxygen atoms in total. The number of hydrogen-bond acceptors (Lipinski definition) is 3. The first-order valence-corrected chi connectivity index (χ1v) is 4.72. The number of halogens is 1. The monoisotopic (exact) mass is 227 g/mol. The summed E-state index contributed by atoms with van der Waals surface area (Å²) in [7, 11) is 0. The predicted octanol–water partition coefficient (Wildman–Crippen LogP) is 2.17. The van der Waals surface area contributed by atoms with Gasteiger partial charge in [0.1, 0.15) is 6.61 Å². The van der Waals surface area contributed by atoms with Gasteiger partial charge in [0.15, 0.2) is 5.71 Å². The molecule has 0 heterocycles. The normalized spacial score (nSPS) is 11.2. The Morgan fingerprint density at radius 2 is 2.07 bits per heavy atom. The molecule has 0 saturated heterocycles. The third-order valence-corrected chi connectivity index (χ3v) is 1.86. The maximum absolute atomic E-state index is 10.8. The molecule has 0 bridgehead atoms. The third kappa shape index (κ3) is 3.25. The fourth-order valence-corrected chi connectivity index (χ4v) is 1.08. The minimum absolute atomic E-state index is 0.131. The Morgan fingerprint density at radius 3 is 2.53 bits per heavy atom. The molecule has 0 atom stereocenters. The molecule has 0 aromatic heterocycles. The van der Waals surface area contributed by atoms with E-state index in [1.807, 2.05) is 0 Å². The summed E-state index contributed by atoms with van der Waals surface area (Å²) in [5.74, 6) is -1.13. The van der Waals surface area contributed by atoms with Crippen molar-refractivity contribution >= 4 is 23.3 Å². The van der Waals surface area contributed by atoms with E-state index in [2.05, 4.69) is 5.16 Å². The van der Waals surface area contributed by atoms with Crippen molar-refractivity contribution in [1.82, 2.24) is 0 Å². The van der Waals surface area contributed by atoms with E-state index in [1.54, 1.807) is 31.2 Å². The van der Waals surface area contributed by atoms with Crippen LogP contribution in [-0.2, 0) is 9.63 Å². The van der Waals surface area contributed by atoms with Crippen LogP contribution in [0.25, 0.3) is 0 Å². The van der Waals surface area contributed by atoms with Crippen molar-refractivity contribution in [2.24, 2.45) is 5.16 Å². The van der Waals surface area contributed by atoms with Crippen LogP contribution in [0.15, 0.2) is 29.4 Å². The molecular weight excluding hydrogens is 218 g/mol. The van der Waals surface area contributed by atoms with E-state index in [0.29, 0.717) is 17.2 Å². The fourth-order valence-electron chi connectivity index (χ4n) is 0.952. The summed E-state index contributed by atoms with van der Waals surface area (Å²) in [6.07, 6.45) is 0. The molecule has 1 rings (SSSR count). The molecule has 0 unspecified atom stereocenters. The molecule has 15 heavy (non-hydrogen) atoms. The zero-order valence-corrected chi connectivity index (χ0v) is 8.86. The third-order valence-electron chi connectivity index (χ3n) is 1.61. The summed E-state index contributed by atoms with van der Waals surface area (Å²) in [6.45, 7) is 2.05. The first-order valence-electron chi connectivity index (χ1n) is 4.34. The van der Waals surface area contributed by atoms with Gasteiger partial charge in [-0.3, -0.25) is 0 Å². The number of aliphatic carboxylic acids is 1. The lowest BCUT2D eigenvalue weighted by atomic mass is 10.1. The van der Waals surface area contributed by atoms with Crippen LogP contribution in [0.1, 0.15) is 12.5 Å². The van der Waals surface area contributed by atoms with Crippen LogP contribution < -0.4 is 0 Å². The maximum atomic E-state index is 10.8. The molecule has 0 saturated carbocycles. The Labute approximate surface area is 92.1 Å². The van der Waals surface area contributed by atoms with E-state index < -0.39 is 5.97 Å². The molecule has 0 fully saturated rings. The molecule has 0 aliphatic heterocycles. The van der Waals surface area contributed by atoms with Crippen molar-refractivity contribution < 1.29 is 14.7 Å². The largest absolute Gasteiger partial charge is 0.476 e. The van der Waals surface area contributed by atoms with Crippen molar-refractivity contribution in [2.75, 3.05) is 6.61 Å². The van der Waals surface area contributed by atoms with E-state index in [9.17, 15) is 4.79 Å². The lowest BCUT2D eigenvalue weighted by molar-refractivity contribution is -0.129. The second kappa shape index (κ2) is 5.36. The minimum Gasteiger partial charge on any atom is -0.476 e. The van der Waals surface area contributed by atoms with Gasteiger partial charge < -0.3 is 9.94 Å². The average molecular weight is 228 g/mol. The highest BCUT2D eigenvalue weighted by atomic mass is 35.5. The number of rotatable bonds is 4. The molecule has 1 aromatic carbocycles. The molecule has 0 spiro atoms. The summed E-state index contributed by atoms with van der Waals surface area (Å²) in [5, 5.41) is 12.9. The zero-order chi connectivity index (χ0) is 11.3. The quantitative estimate of drug-likeness (QED) is 0.634. The molecule has 0 radical (unpaired) electrons. The highest BCUT2D eigenvalue weighted by Gasteiger charge is 2.13. The summed E-state index contributed by atoms with van der Waals surface area (Å²) in [5.41, 5.74) is 0.328. The second-order valence-electron chi connectivity index (χ2n) is 2.67. The van der Waals surface area contributed by atoms with E-state index in [0.717, 1.165) is 0 Å². The van der Waals surface area contributed by atoms with Crippen molar-refractivity contribution in [3.05, 3.63) is 34.9 Å². The van der Waals surface area contributed by atoms with Gasteiger partial charge in [-0.1, -0.05) is 28.9 Å². The number of oxime groups is 1. The molecule has 1 N–H and O–H groups in total. The number of carboxylic acid groups (broad SMARTS) is 1. The van der Waals surface area contributed by atoms with Crippen molar-refractivity contribution in [3.8, 4) is 0 Å². The van der Waals surface area contributed by atoms with Crippen LogP contribution in [0.3, 0.4) is 0 Å². The first kappa shape index (κ1) is 11.5. The van der Waals surface area contributed by atoms with Crippen molar-refractivity contribution in [1.29, 1.82) is 0 Å². The molecule has 5 heteroatoms. The Bertz CT molecular complexity index is 373. The van der Waals surface area contributed by atoms with Crippen LogP contribution in [-0.4, -0.2) is 23.4 Å². The topological polar surface area (TPSA) is 58.9 Å². The highest BCUT2D eigenvalue weighted by molar-refractivity contribution is 6.42. The summed E-state index contributed by atoms with van der Waals surface area (Å²) in [6, 6.07) is 6.35. The summed E-state index contributed by atoms with van der Waals surface area (Å²) < 4.78 is 0. The van der Waals surface area contributed by atoms with Crippen LogP contribution in [0.2, 0.25) is 5.02 Å². The van der Waals surface area contributed by atoms with Crippen LogP contribution in [0, 0.1) is 0 Å². The maximum Gasteiger partial charge on any atom is 0.358 e. The van der Waals surface area contributed by atoms with Gasteiger partial charge in [-0.25, -0.2) is 4.79 Å². The lowest BCUT2D eigenvalue weighted by Crippen LogP contribution is -2.15. The smallest absolute Gasteiger partial charge is 0.358 e. The number of hydrogen-bond donors (Lipinski definition) is 1. The molecule has 0 aliphatic carbocycles. The first-order chi connectivity index (χ1) is 7.15. The standard InChI is InChI=1S/C10H10ClNO3/c1-2-15-12-9(10(13)14)7-3-5-8(11)6-4-7/h3-6H,2H2,1H3,(H,13,14)/b12-9-. The van der Waals surface area contributed by atoms with Gasteiger partial charge >= 0.3 is 5.97 Å². The van der Waals surface area contributed by atoms with Crippen molar-refractivity contribution in [2.45, 2.75) is 6.92 Å². The van der Waals surface area contributed by atoms with Gasteiger partial charge in [-0.2, -0.15) is 0 Å². The van der Waals surface area contributed by atoms with E-state index in [-0.39, 0.29) is 5.71 Å². The van der Waals surface area contributed by atoms with Crippen LogP contribution >= 0.6 is 11.6 Å². The number of benzene rings is 1. The highest BCUT2D eigenvalue weighted by Crippen LogP contribution is 2.10. The van der Waals surface area contributed by atoms with Gasteiger partial charge in [-0.15, -0.1) is 0 Å². The van der Waals surface area contributed by atoms with Crippen LogP contribution in [0.5, 0.6) is 0 Å². The number of nitrogens with zero attached hydrogens (tertiary/aromatic N) is 1. The number of carboxylic acids is 1. The molecular formula is C10H10ClNO3. The second-order valence-corrected chi connectivity index (χ2v) is 3.11. The van der Waals surface area contributed by atoms with Gasteiger partial charge in [0.05, 0.1) is 0 Å². The molecule has 0 amide bonds. The molecule has 80 valence electrons. The lowest BCUT2D eigenvalue weighted by Gasteiger charge is -2.01. The number of carbonyl (C=O) groups is 1. The van der Waals surface area contributed by atoms with Gasteiger partial charge in [0.2, 0.25) is 0 Å². The Kier molecular flexibility index (Phi) is 4.12.